The predicted molar refractivity (Wildman–Crippen MR) is 123 cm³/mol. The van der Waals surface area contributed by atoms with Crippen LogP contribution in [-0.2, 0) is 15.5 Å². The maximum atomic E-state index is 13.1. The van der Waals surface area contributed by atoms with Gasteiger partial charge in [0.05, 0.1) is 5.92 Å². The molecule has 0 fully saturated rings. The highest BCUT2D eigenvalue weighted by Crippen LogP contribution is 2.38. The predicted octanol–water partition coefficient (Wildman–Crippen LogP) is 6.38. The molecule has 3 unspecified atom stereocenters. The first kappa shape index (κ1) is 23.0. The zero-order chi connectivity index (χ0) is 21.9. The molecule has 0 aliphatic carbocycles. The highest BCUT2D eigenvalue weighted by molar-refractivity contribution is 7.75. The lowest BCUT2D eigenvalue weighted by atomic mass is 9.93. The zero-order valence-electron chi connectivity index (χ0n) is 16.2. The van der Waals surface area contributed by atoms with Gasteiger partial charge in [0, 0.05) is 5.56 Å². The average Bonchev–Trinajstić information content (AvgIpc) is 2.71. The van der Waals surface area contributed by atoms with Crippen LogP contribution in [-0.4, -0.2) is 19.9 Å². The second-order valence-corrected chi connectivity index (χ2v) is 10.0. The van der Waals surface area contributed by atoms with E-state index in [9.17, 15) is 9.00 Å². The fourth-order valence-corrected chi connectivity index (χ4v) is 4.59. The minimum Gasteiger partial charge on any atom is -0.380 e. The first-order chi connectivity index (χ1) is 14.1. The van der Waals surface area contributed by atoms with Gasteiger partial charge in [-0.1, -0.05) is 95.8 Å². The highest BCUT2D eigenvalue weighted by atomic mass is 35.6. The van der Waals surface area contributed by atoms with Gasteiger partial charge in [0.1, 0.15) is 11.9 Å². The van der Waals surface area contributed by atoms with Crippen molar-refractivity contribution in [3.8, 4) is 5.75 Å². The molecule has 4 nitrogen and oxygen atoms in total. The Labute approximate surface area is 192 Å². The van der Waals surface area contributed by atoms with Crippen LogP contribution in [0.4, 0.5) is 0 Å². The molecule has 3 aromatic carbocycles. The van der Waals surface area contributed by atoms with Crippen molar-refractivity contribution in [1.29, 1.82) is 0 Å². The van der Waals surface area contributed by atoms with E-state index in [0.717, 1.165) is 16.3 Å². The van der Waals surface area contributed by atoms with E-state index < -0.39 is 27.2 Å². The number of halogens is 3. The number of carbonyl (C=O) groups excluding carboxylic acids is 1. The Morgan fingerprint density at radius 2 is 1.60 bits per heavy atom. The summed E-state index contributed by atoms with van der Waals surface area (Å²) in [4.78, 5) is 13.1. The van der Waals surface area contributed by atoms with Crippen molar-refractivity contribution in [2.75, 3.05) is 0 Å². The van der Waals surface area contributed by atoms with Crippen LogP contribution in [0, 0.1) is 12.8 Å². The molecule has 0 bridgehead atoms. The molecule has 0 saturated heterocycles. The van der Waals surface area contributed by atoms with Gasteiger partial charge in [0.25, 0.3) is 0 Å². The lowest BCUT2D eigenvalue weighted by Crippen LogP contribution is -2.40. The molecule has 8 heteroatoms. The average molecular weight is 486 g/mol. The van der Waals surface area contributed by atoms with E-state index in [0.29, 0.717) is 11.3 Å². The van der Waals surface area contributed by atoms with Crippen LogP contribution in [0.5, 0.6) is 5.75 Å². The van der Waals surface area contributed by atoms with Gasteiger partial charge in [-0.15, -0.1) is 0 Å². The second kappa shape index (κ2) is 9.67. The van der Waals surface area contributed by atoms with E-state index in [-0.39, 0.29) is 5.78 Å². The summed E-state index contributed by atoms with van der Waals surface area (Å²) in [6.07, 6.45) is -1.30. The topological polar surface area (TPSA) is 52.6 Å². The third-order valence-electron chi connectivity index (χ3n) is 4.59. The van der Waals surface area contributed by atoms with Crippen LogP contribution in [0.25, 0.3) is 10.8 Å². The van der Waals surface area contributed by atoms with Crippen LogP contribution in [0.2, 0.25) is 0 Å². The van der Waals surface area contributed by atoms with Gasteiger partial charge in [-0.05, 0) is 35.9 Å². The Morgan fingerprint density at radius 3 is 2.23 bits per heavy atom. The Balaban J connectivity index is 1.78. The maximum absolute atomic E-state index is 13.1. The third kappa shape index (κ3) is 5.74. The SMILES string of the molecule is Cc1ccc(OS(=O)OC(C(C)C(=O)c2ccc3ccccc3c2)C(Cl)(Cl)Cl)cc1. The standard InChI is InChI=1S/C22H19Cl3O4S/c1-14-7-11-19(12-8-14)28-30(27)29-21(22(23,24)25)15(2)20(26)18-10-9-16-5-3-4-6-17(16)13-18/h3-13,15,21H,1-2H3. The number of hydrogen-bond acceptors (Lipinski definition) is 4. The van der Waals surface area contributed by atoms with Gasteiger partial charge < -0.3 is 4.18 Å². The molecule has 0 radical (unpaired) electrons. The Morgan fingerprint density at radius 1 is 0.967 bits per heavy atom. The summed E-state index contributed by atoms with van der Waals surface area (Å²) in [7, 11) is 0. The fraction of sp³-hybridized carbons (Fsp3) is 0.227. The summed E-state index contributed by atoms with van der Waals surface area (Å²) in [6, 6.07) is 19.9. The Hall–Kier alpha value is -1.63. The van der Waals surface area contributed by atoms with Crippen LogP contribution < -0.4 is 4.18 Å². The van der Waals surface area contributed by atoms with E-state index in [2.05, 4.69) is 0 Å². The van der Waals surface area contributed by atoms with Crippen molar-refractivity contribution in [2.24, 2.45) is 5.92 Å². The fourth-order valence-electron chi connectivity index (χ4n) is 2.94. The number of carbonyl (C=O) groups is 1. The monoisotopic (exact) mass is 484 g/mol. The van der Waals surface area contributed by atoms with Crippen molar-refractivity contribution >= 4 is 62.7 Å². The number of alkyl halides is 3. The van der Waals surface area contributed by atoms with E-state index in [1.807, 2.05) is 37.3 Å². The smallest absolute Gasteiger partial charge is 0.360 e. The first-order valence-corrected chi connectivity index (χ1v) is 11.2. The summed E-state index contributed by atoms with van der Waals surface area (Å²) in [5.74, 6) is -0.871. The molecule has 0 aliphatic rings. The number of benzene rings is 3. The molecule has 30 heavy (non-hydrogen) atoms. The van der Waals surface area contributed by atoms with Crippen LogP contribution >= 0.6 is 34.8 Å². The van der Waals surface area contributed by atoms with Crippen molar-refractivity contribution in [3.05, 3.63) is 77.9 Å². The molecule has 158 valence electrons. The minimum absolute atomic E-state index is 0.301. The normalized spacial score (nSPS) is 14.8. The molecular formula is C22H19Cl3O4S. The van der Waals surface area contributed by atoms with Crippen molar-refractivity contribution < 1.29 is 17.4 Å². The van der Waals surface area contributed by atoms with Gasteiger partial charge >= 0.3 is 11.4 Å². The number of aryl methyl sites for hydroxylation is 1. The van der Waals surface area contributed by atoms with Crippen LogP contribution in [0.1, 0.15) is 22.8 Å². The highest BCUT2D eigenvalue weighted by Gasteiger charge is 2.43. The zero-order valence-corrected chi connectivity index (χ0v) is 19.3. The van der Waals surface area contributed by atoms with Gasteiger partial charge in [-0.25, -0.2) is 0 Å². The van der Waals surface area contributed by atoms with E-state index >= 15 is 0 Å². The molecule has 3 aromatic rings. The van der Waals surface area contributed by atoms with E-state index in [4.69, 9.17) is 43.2 Å². The summed E-state index contributed by atoms with van der Waals surface area (Å²) < 4.78 is 21.0. The maximum Gasteiger partial charge on any atom is 0.360 e. The van der Waals surface area contributed by atoms with Gasteiger partial charge in [0.2, 0.25) is 3.79 Å². The Kier molecular flexibility index (Phi) is 7.43. The Bertz CT molecular complexity index is 1060. The summed E-state index contributed by atoms with van der Waals surface area (Å²) in [6.45, 7) is 3.48. The summed E-state index contributed by atoms with van der Waals surface area (Å²) in [5.41, 5.74) is 1.46. The number of rotatable bonds is 7. The molecular weight excluding hydrogens is 467 g/mol. The van der Waals surface area contributed by atoms with Crippen molar-refractivity contribution in [2.45, 2.75) is 23.7 Å². The molecule has 0 aromatic heterocycles. The molecule has 0 amide bonds. The van der Waals surface area contributed by atoms with E-state index in [1.165, 1.54) is 0 Å². The quantitative estimate of drug-likeness (QED) is 0.288. The lowest BCUT2D eigenvalue weighted by molar-refractivity contribution is 0.0789. The molecule has 0 spiro atoms. The van der Waals surface area contributed by atoms with Gasteiger partial charge in [-0.2, -0.15) is 4.21 Å². The molecule has 0 N–H and O–H groups in total. The molecule has 0 aliphatic heterocycles. The number of fused-ring (bicyclic) bond motifs is 1. The third-order valence-corrected chi connectivity index (χ3v) is 5.93. The molecule has 3 atom stereocenters. The summed E-state index contributed by atoms with van der Waals surface area (Å²) >= 11 is 15.9. The summed E-state index contributed by atoms with van der Waals surface area (Å²) in [5, 5.41) is 1.91. The van der Waals surface area contributed by atoms with Crippen molar-refractivity contribution in [3.63, 3.8) is 0 Å². The molecule has 0 saturated carbocycles. The second-order valence-electron chi connectivity index (χ2n) is 6.87. The number of Topliss-reactive ketones (excluding diaryl/α,β-unsaturated/α-hetero) is 1. The van der Waals surface area contributed by atoms with Crippen LogP contribution in [0.3, 0.4) is 0 Å². The van der Waals surface area contributed by atoms with Gasteiger partial charge in [-0.3, -0.25) is 8.98 Å². The number of ketones is 1. The van der Waals surface area contributed by atoms with Crippen molar-refractivity contribution in [1.82, 2.24) is 0 Å². The van der Waals surface area contributed by atoms with E-state index in [1.54, 1.807) is 43.3 Å². The molecule has 3 rings (SSSR count). The largest absolute Gasteiger partial charge is 0.380 e. The molecule has 0 heterocycles. The van der Waals surface area contributed by atoms with Gasteiger partial charge in [0.15, 0.2) is 5.78 Å². The van der Waals surface area contributed by atoms with Crippen LogP contribution in [0.15, 0.2) is 66.7 Å². The minimum atomic E-state index is -2.28. The first-order valence-electron chi connectivity index (χ1n) is 9.09. The number of hydrogen-bond donors (Lipinski definition) is 0. The lowest BCUT2D eigenvalue weighted by Gasteiger charge is -2.27.